The van der Waals surface area contributed by atoms with Gasteiger partial charge in [0.1, 0.15) is 17.3 Å². The van der Waals surface area contributed by atoms with Gasteiger partial charge < -0.3 is 13.9 Å². The summed E-state index contributed by atoms with van der Waals surface area (Å²) in [6.45, 7) is 7.88. The number of amides is 1. The molecule has 10 heteroatoms. The number of hydrogen-bond donors (Lipinski definition) is 0. The molecule has 5 rings (SSSR count). The van der Waals surface area contributed by atoms with E-state index in [9.17, 15) is 18.0 Å². The molecule has 3 aromatic carbocycles. The highest BCUT2D eigenvalue weighted by atomic mass is 32.2. The number of furan rings is 1. The highest BCUT2D eigenvalue weighted by molar-refractivity contribution is 7.89. The van der Waals surface area contributed by atoms with E-state index in [1.807, 2.05) is 44.2 Å². The second kappa shape index (κ2) is 14.0. The van der Waals surface area contributed by atoms with Gasteiger partial charge >= 0.3 is 5.97 Å². The smallest absolute Gasteiger partial charge is 0.340 e. The summed E-state index contributed by atoms with van der Waals surface area (Å²) in [6.07, 6.45) is 1.49. The first-order valence-electron chi connectivity index (χ1n) is 15.0. The Morgan fingerprint density at radius 2 is 1.57 bits per heavy atom. The molecule has 9 nitrogen and oxygen atoms in total. The Labute approximate surface area is 269 Å². The van der Waals surface area contributed by atoms with Crippen molar-refractivity contribution in [3.8, 4) is 5.75 Å². The minimum Gasteiger partial charge on any atom is -0.494 e. The molecule has 1 aliphatic rings. The van der Waals surface area contributed by atoms with Gasteiger partial charge in [0.2, 0.25) is 10.0 Å². The van der Waals surface area contributed by atoms with E-state index in [1.165, 1.54) is 15.3 Å². The van der Waals surface area contributed by atoms with Gasteiger partial charge in [-0.15, -0.1) is 0 Å². The van der Waals surface area contributed by atoms with Crippen molar-refractivity contribution in [2.24, 2.45) is 0 Å². The van der Waals surface area contributed by atoms with Crippen LogP contribution in [0.15, 0.2) is 117 Å². The molecular formula is C36H36N2O7S. The summed E-state index contributed by atoms with van der Waals surface area (Å²) in [5.74, 6) is 0.266. The van der Waals surface area contributed by atoms with Gasteiger partial charge in [-0.1, -0.05) is 48.0 Å². The zero-order valence-corrected chi connectivity index (χ0v) is 27.0. The molecule has 0 fully saturated rings. The number of aryl methyl sites for hydroxylation is 1. The quantitative estimate of drug-likeness (QED) is 0.126. The monoisotopic (exact) mass is 640 g/mol. The van der Waals surface area contributed by atoms with Gasteiger partial charge in [0.25, 0.3) is 5.91 Å². The summed E-state index contributed by atoms with van der Waals surface area (Å²) >= 11 is 0. The average Bonchev–Trinajstić information content (AvgIpc) is 3.58. The standard InChI is InChI=1S/C36H36N2O7S/c1-5-43-29-16-14-28(15-17-29)38-26(4)34(36(40)44-6-2)33(35(38)39)22-30-18-19-31(45-30)24-37(23-27-10-8-7-9-11-27)46(41,42)32-20-12-25(3)13-21-32/h7-22H,5-6,23-24H2,1-4H3/b33-22+. The molecule has 0 N–H and O–H groups in total. The van der Waals surface area contributed by atoms with Crippen LogP contribution in [0.5, 0.6) is 5.75 Å². The molecule has 2 heterocycles. The number of carbonyl (C=O) groups is 2. The second-order valence-corrected chi connectivity index (χ2v) is 12.6. The van der Waals surface area contributed by atoms with E-state index in [0.717, 1.165) is 11.1 Å². The van der Waals surface area contributed by atoms with Crippen molar-refractivity contribution < 1.29 is 31.9 Å². The fourth-order valence-electron chi connectivity index (χ4n) is 5.20. The van der Waals surface area contributed by atoms with E-state index in [0.29, 0.717) is 29.5 Å². The van der Waals surface area contributed by atoms with Crippen LogP contribution in [0.25, 0.3) is 6.08 Å². The van der Waals surface area contributed by atoms with Crippen LogP contribution in [-0.2, 0) is 37.4 Å². The number of anilines is 1. The summed E-state index contributed by atoms with van der Waals surface area (Å²) in [5, 5.41) is 0. The zero-order chi connectivity index (χ0) is 32.8. The first-order chi connectivity index (χ1) is 22.1. The maximum absolute atomic E-state index is 13.8. The second-order valence-electron chi connectivity index (χ2n) is 10.7. The Kier molecular flexibility index (Phi) is 9.89. The number of sulfonamides is 1. The van der Waals surface area contributed by atoms with E-state index < -0.39 is 21.9 Å². The predicted molar refractivity (Wildman–Crippen MR) is 175 cm³/mol. The van der Waals surface area contributed by atoms with Gasteiger partial charge in [-0.25, -0.2) is 13.2 Å². The van der Waals surface area contributed by atoms with Crippen LogP contribution < -0.4 is 9.64 Å². The molecule has 0 aliphatic carbocycles. The van der Waals surface area contributed by atoms with Gasteiger partial charge in [0.05, 0.1) is 35.8 Å². The largest absolute Gasteiger partial charge is 0.494 e. The van der Waals surface area contributed by atoms with Crippen molar-refractivity contribution in [2.45, 2.75) is 45.7 Å². The van der Waals surface area contributed by atoms with Gasteiger partial charge in [-0.3, -0.25) is 9.69 Å². The highest BCUT2D eigenvalue weighted by Gasteiger charge is 2.38. The Morgan fingerprint density at radius 3 is 2.22 bits per heavy atom. The van der Waals surface area contributed by atoms with Gasteiger partial charge in [0.15, 0.2) is 0 Å². The lowest BCUT2D eigenvalue weighted by molar-refractivity contribution is -0.138. The highest BCUT2D eigenvalue weighted by Crippen LogP contribution is 2.36. The van der Waals surface area contributed by atoms with Crippen molar-refractivity contribution in [3.63, 3.8) is 0 Å². The molecule has 46 heavy (non-hydrogen) atoms. The zero-order valence-electron chi connectivity index (χ0n) is 26.2. The van der Waals surface area contributed by atoms with E-state index >= 15 is 0 Å². The predicted octanol–water partition coefficient (Wildman–Crippen LogP) is 6.65. The number of nitrogens with zero attached hydrogens (tertiary/aromatic N) is 2. The number of hydrogen-bond acceptors (Lipinski definition) is 7. The molecule has 0 saturated heterocycles. The normalized spacial score (nSPS) is 14.4. The molecule has 4 aromatic rings. The number of ether oxygens (including phenoxy) is 2. The number of benzene rings is 3. The van der Waals surface area contributed by atoms with Crippen molar-refractivity contribution in [2.75, 3.05) is 18.1 Å². The third-order valence-corrected chi connectivity index (χ3v) is 9.25. The van der Waals surface area contributed by atoms with Crippen molar-refractivity contribution in [1.29, 1.82) is 0 Å². The Hall–Kier alpha value is -4.93. The summed E-state index contributed by atoms with van der Waals surface area (Å²) in [7, 11) is -3.89. The van der Waals surface area contributed by atoms with E-state index in [4.69, 9.17) is 13.9 Å². The van der Waals surface area contributed by atoms with Crippen LogP contribution in [-0.4, -0.2) is 37.8 Å². The first kappa shape index (κ1) is 32.5. The van der Waals surface area contributed by atoms with Crippen LogP contribution >= 0.6 is 0 Å². The minimum absolute atomic E-state index is 0.0554. The topological polar surface area (TPSA) is 106 Å². The Morgan fingerprint density at radius 1 is 0.870 bits per heavy atom. The summed E-state index contributed by atoms with van der Waals surface area (Å²) < 4.78 is 45.8. The molecule has 0 radical (unpaired) electrons. The van der Waals surface area contributed by atoms with Crippen molar-refractivity contribution >= 4 is 33.7 Å². The summed E-state index contributed by atoms with van der Waals surface area (Å²) in [5.41, 5.74) is 2.99. The maximum atomic E-state index is 13.8. The lowest BCUT2D eigenvalue weighted by atomic mass is 10.1. The molecular weight excluding hydrogens is 604 g/mol. The van der Waals surface area contributed by atoms with Gasteiger partial charge in [0, 0.05) is 17.9 Å². The van der Waals surface area contributed by atoms with Crippen LogP contribution in [0.4, 0.5) is 5.69 Å². The van der Waals surface area contributed by atoms with Crippen LogP contribution in [0.3, 0.4) is 0 Å². The third-order valence-electron chi connectivity index (χ3n) is 7.45. The lowest BCUT2D eigenvalue weighted by Crippen LogP contribution is -2.30. The molecule has 0 unspecified atom stereocenters. The molecule has 1 aromatic heterocycles. The van der Waals surface area contributed by atoms with Crippen LogP contribution in [0.2, 0.25) is 0 Å². The van der Waals surface area contributed by atoms with E-state index in [1.54, 1.807) is 74.5 Å². The number of rotatable bonds is 12. The molecule has 0 bridgehead atoms. The van der Waals surface area contributed by atoms with E-state index in [2.05, 4.69) is 0 Å². The Bertz CT molecular complexity index is 1870. The third kappa shape index (κ3) is 6.98. The molecule has 238 valence electrons. The molecule has 0 atom stereocenters. The minimum atomic E-state index is -3.89. The fraction of sp³-hybridized carbons (Fsp3) is 0.222. The number of esters is 1. The molecule has 0 spiro atoms. The lowest BCUT2D eigenvalue weighted by Gasteiger charge is -2.21. The van der Waals surface area contributed by atoms with Crippen molar-refractivity contribution in [1.82, 2.24) is 4.31 Å². The van der Waals surface area contributed by atoms with Crippen LogP contribution in [0.1, 0.15) is 43.4 Å². The Balaban J connectivity index is 1.47. The summed E-state index contributed by atoms with van der Waals surface area (Å²) in [4.78, 5) is 28.5. The number of carbonyl (C=O) groups excluding carboxylic acids is 2. The SMILES string of the molecule is CCOC(=O)C1=C(C)N(c2ccc(OCC)cc2)C(=O)/C1=C/c1ccc(CN(Cc2ccccc2)S(=O)(=O)c2ccc(C)cc2)o1. The van der Waals surface area contributed by atoms with Gasteiger partial charge in [-0.05, 0) is 87.9 Å². The fourth-order valence-corrected chi connectivity index (χ4v) is 6.59. The van der Waals surface area contributed by atoms with Crippen molar-refractivity contribution in [3.05, 3.63) is 130 Å². The van der Waals surface area contributed by atoms with E-state index in [-0.39, 0.29) is 41.5 Å². The average molecular weight is 641 g/mol. The number of allylic oxidation sites excluding steroid dienone is 1. The molecule has 1 amide bonds. The van der Waals surface area contributed by atoms with Crippen LogP contribution in [0, 0.1) is 6.92 Å². The molecule has 1 aliphatic heterocycles. The first-order valence-corrected chi connectivity index (χ1v) is 16.4. The maximum Gasteiger partial charge on any atom is 0.340 e. The van der Waals surface area contributed by atoms with Gasteiger partial charge in [-0.2, -0.15) is 4.31 Å². The molecule has 0 saturated carbocycles. The summed E-state index contributed by atoms with van der Waals surface area (Å²) in [6, 6.07) is 26.3.